The standard InChI is InChI=1S/C5H13N2O2/c1-7(2,6)4-3-5(8)9/h3-5,8-9H,6H2,1-2H3/q+1/b4-3+. The van der Waals surface area contributed by atoms with E-state index in [1.54, 1.807) is 14.1 Å². The molecule has 0 aromatic rings. The normalized spacial score (nSPS) is 13.6. The molecule has 0 heterocycles. The van der Waals surface area contributed by atoms with Crippen LogP contribution in [0.25, 0.3) is 0 Å². The number of aliphatic hydroxyl groups is 2. The van der Waals surface area contributed by atoms with Gasteiger partial charge in [0.2, 0.25) is 0 Å². The van der Waals surface area contributed by atoms with E-state index < -0.39 is 6.29 Å². The van der Waals surface area contributed by atoms with Crippen LogP contribution in [0.15, 0.2) is 12.3 Å². The van der Waals surface area contributed by atoms with E-state index >= 15 is 0 Å². The lowest BCUT2D eigenvalue weighted by Crippen LogP contribution is -2.41. The van der Waals surface area contributed by atoms with Crippen molar-refractivity contribution in [2.45, 2.75) is 6.29 Å². The van der Waals surface area contributed by atoms with Crippen molar-refractivity contribution in [2.24, 2.45) is 5.84 Å². The van der Waals surface area contributed by atoms with Crippen LogP contribution in [0.5, 0.6) is 0 Å². The highest BCUT2D eigenvalue weighted by Crippen LogP contribution is 1.87. The Hall–Kier alpha value is -0.420. The molecule has 0 spiro atoms. The van der Waals surface area contributed by atoms with E-state index in [4.69, 9.17) is 16.1 Å². The minimum atomic E-state index is -1.41. The molecule has 4 nitrogen and oxygen atoms in total. The van der Waals surface area contributed by atoms with Crippen LogP contribution in [0, 0.1) is 0 Å². The maximum absolute atomic E-state index is 8.32. The summed E-state index contributed by atoms with van der Waals surface area (Å²) in [7, 11) is 3.41. The van der Waals surface area contributed by atoms with Crippen molar-refractivity contribution < 1.29 is 14.8 Å². The van der Waals surface area contributed by atoms with Crippen molar-refractivity contribution in [3.63, 3.8) is 0 Å². The summed E-state index contributed by atoms with van der Waals surface area (Å²) in [4.78, 5) is 0. The molecule has 4 heteroatoms. The van der Waals surface area contributed by atoms with Gasteiger partial charge in [-0.1, -0.05) is 0 Å². The predicted molar refractivity (Wildman–Crippen MR) is 33.7 cm³/mol. The molecule has 0 amide bonds. The summed E-state index contributed by atoms with van der Waals surface area (Å²) in [6, 6.07) is 0. The summed E-state index contributed by atoms with van der Waals surface area (Å²) < 4.78 is 0.0949. The molecule has 0 aromatic carbocycles. The number of aliphatic hydroxyl groups excluding tert-OH is 1. The molecule has 0 rings (SSSR count). The van der Waals surface area contributed by atoms with Crippen molar-refractivity contribution in [2.75, 3.05) is 14.1 Å². The maximum atomic E-state index is 8.32. The van der Waals surface area contributed by atoms with Crippen LogP contribution in [-0.4, -0.2) is 35.2 Å². The van der Waals surface area contributed by atoms with Crippen molar-refractivity contribution in [3.8, 4) is 0 Å². The Kier molecular flexibility index (Phi) is 2.80. The molecule has 0 unspecified atom stereocenters. The first-order valence-electron chi connectivity index (χ1n) is 2.59. The third kappa shape index (κ3) is 7.58. The molecular formula is C5H13N2O2+. The van der Waals surface area contributed by atoms with Gasteiger partial charge in [-0.2, -0.15) is 5.84 Å². The van der Waals surface area contributed by atoms with Crippen LogP contribution in [0.4, 0.5) is 0 Å². The second-order valence-electron chi connectivity index (χ2n) is 2.38. The quantitative estimate of drug-likeness (QED) is 0.191. The van der Waals surface area contributed by atoms with Gasteiger partial charge < -0.3 is 10.2 Å². The Morgan fingerprint density at radius 2 is 1.89 bits per heavy atom. The molecule has 0 aromatic heterocycles. The summed E-state index contributed by atoms with van der Waals surface area (Å²) in [6.07, 6.45) is 1.27. The minimum absolute atomic E-state index is 0.0949. The van der Waals surface area contributed by atoms with Gasteiger partial charge in [0, 0.05) is 6.08 Å². The van der Waals surface area contributed by atoms with Gasteiger partial charge in [-0.15, -0.1) is 0 Å². The molecule has 0 aliphatic rings. The monoisotopic (exact) mass is 133 g/mol. The van der Waals surface area contributed by atoms with Gasteiger partial charge in [0.1, 0.15) is 6.20 Å². The first-order valence-corrected chi connectivity index (χ1v) is 2.59. The van der Waals surface area contributed by atoms with Gasteiger partial charge in [-0.3, -0.25) is 0 Å². The van der Waals surface area contributed by atoms with Gasteiger partial charge in [0.05, 0.1) is 14.1 Å². The SMILES string of the molecule is C[N+](C)(N)/C=C/C(O)O. The molecule has 0 saturated heterocycles. The number of nitrogens with two attached hydrogens (primary N) is 1. The van der Waals surface area contributed by atoms with E-state index in [1.165, 1.54) is 12.3 Å². The maximum Gasteiger partial charge on any atom is 0.176 e. The fourth-order valence-electron chi connectivity index (χ4n) is 0.299. The molecule has 0 aliphatic carbocycles. The highest BCUT2D eigenvalue weighted by Gasteiger charge is 2.01. The van der Waals surface area contributed by atoms with Gasteiger partial charge >= 0.3 is 0 Å². The zero-order chi connectivity index (χ0) is 7.49. The molecule has 0 saturated carbocycles. The van der Waals surface area contributed by atoms with Crippen LogP contribution < -0.4 is 5.84 Å². The molecule has 9 heavy (non-hydrogen) atoms. The second kappa shape index (κ2) is 2.93. The number of rotatable bonds is 2. The van der Waals surface area contributed by atoms with E-state index in [0.29, 0.717) is 0 Å². The Labute approximate surface area is 54.4 Å². The van der Waals surface area contributed by atoms with Gasteiger partial charge in [-0.25, -0.2) is 4.59 Å². The Balaban J connectivity index is 3.71. The Morgan fingerprint density at radius 1 is 1.44 bits per heavy atom. The molecule has 0 atom stereocenters. The lowest BCUT2D eigenvalue weighted by Gasteiger charge is -2.15. The Morgan fingerprint density at radius 3 is 2.00 bits per heavy atom. The van der Waals surface area contributed by atoms with Crippen molar-refractivity contribution >= 4 is 0 Å². The Bertz CT molecular complexity index is 104. The summed E-state index contributed by atoms with van der Waals surface area (Å²) >= 11 is 0. The molecule has 0 aliphatic heterocycles. The van der Waals surface area contributed by atoms with Crippen LogP contribution >= 0.6 is 0 Å². The van der Waals surface area contributed by atoms with Crippen LogP contribution in [0.3, 0.4) is 0 Å². The van der Waals surface area contributed by atoms with E-state index in [-0.39, 0.29) is 4.59 Å². The predicted octanol–water partition coefficient (Wildman–Crippen LogP) is -1.24. The molecular weight excluding hydrogens is 120 g/mol. The molecule has 4 N–H and O–H groups in total. The third-order valence-corrected chi connectivity index (χ3v) is 0.642. The minimum Gasteiger partial charge on any atom is -0.365 e. The number of hydrogen-bond acceptors (Lipinski definition) is 3. The molecule has 0 bridgehead atoms. The zero-order valence-corrected chi connectivity index (χ0v) is 5.65. The fraction of sp³-hybridized carbons (Fsp3) is 0.600. The number of quaternary nitrogens is 1. The van der Waals surface area contributed by atoms with Gasteiger partial charge in [-0.05, 0) is 0 Å². The highest BCUT2D eigenvalue weighted by molar-refractivity contribution is 4.74. The van der Waals surface area contributed by atoms with Crippen LogP contribution in [0.2, 0.25) is 0 Å². The van der Waals surface area contributed by atoms with Gasteiger partial charge in [0.15, 0.2) is 6.29 Å². The number of hydrogen-bond donors (Lipinski definition) is 3. The average molecular weight is 133 g/mol. The van der Waals surface area contributed by atoms with E-state index in [1.807, 2.05) is 0 Å². The summed E-state index contributed by atoms with van der Waals surface area (Å²) in [6.45, 7) is 0. The van der Waals surface area contributed by atoms with E-state index in [9.17, 15) is 0 Å². The second-order valence-corrected chi connectivity index (χ2v) is 2.38. The third-order valence-electron chi connectivity index (χ3n) is 0.642. The smallest absolute Gasteiger partial charge is 0.176 e. The molecule has 0 fully saturated rings. The molecule has 54 valence electrons. The largest absolute Gasteiger partial charge is 0.365 e. The van der Waals surface area contributed by atoms with Crippen molar-refractivity contribution in [1.82, 2.24) is 0 Å². The van der Waals surface area contributed by atoms with Gasteiger partial charge in [0.25, 0.3) is 0 Å². The van der Waals surface area contributed by atoms with Crippen molar-refractivity contribution in [1.29, 1.82) is 0 Å². The first kappa shape index (κ1) is 8.58. The lowest BCUT2D eigenvalue weighted by molar-refractivity contribution is -0.851. The first-order chi connectivity index (χ1) is 3.92. The molecule has 0 radical (unpaired) electrons. The van der Waals surface area contributed by atoms with Crippen LogP contribution in [-0.2, 0) is 0 Å². The summed E-state index contributed by atoms with van der Waals surface area (Å²) in [5, 5.41) is 16.6. The van der Waals surface area contributed by atoms with E-state index in [2.05, 4.69) is 0 Å². The van der Waals surface area contributed by atoms with E-state index in [0.717, 1.165) is 0 Å². The fourth-order valence-corrected chi connectivity index (χ4v) is 0.299. The van der Waals surface area contributed by atoms with Crippen LogP contribution in [0.1, 0.15) is 0 Å². The lowest BCUT2D eigenvalue weighted by atomic mass is 10.5. The topological polar surface area (TPSA) is 66.5 Å². The highest BCUT2D eigenvalue weighted by atomic mass is 16.5. The number of nitrogens with zero attached hydrogens (tertiary/aromatic N) is 1. The summed E-state index contributed by atoms with van der Waals surface area (Å²) in [5.74, 6) is 5.41. The summed E-state index contributed by atoms with van der Waals surface area (Å²) in [5.41, 5.74) is 0. The van der Waals surface area contributed by atoms with Crippen molar-refractivity contribution in [3.05, 3.63) is 12.3 Å². The average Bonchev–Trinajstić information content (AvgIpc) is 1.59. The zero-order valence-electron chi connectivity index (χ0n) is 5.65.